The summed E-state index contributed by atoms with van der Waals surface area (Å²) in [6.45, 7) is 4.86. The highest BCUT2D eigenvalue weighted by atomic mass is 16.1. The summed E-state index contributed by atoms with van der Waals surface area (Å²) in [5.41, 5.74) is 11.0. The lowest BCUT2D eigenvalue weighted by Crippen LogP contribution is -2.33. The summed E-state index contributed by atoms with van der Waals surface area (Å²) < 4.78 is 1.93. The van der Waals surface area contributed by atoms with E-state index < -0.39 is 0 Å². The second-order valence-electron chi connectivity index (χ2n) is 8.05. The minimum Gasteiger partial charge on any atom is -0.384 e. The molecule has 0 radical (unpaired) electrons. The number of aryl methyl sites for hydroxylation is 2. The molecule has 0 saturated heterocycles. The van der Waals surface area contributed by atoms with E-state index in [-0.39, 0.29) is 11.9 Å². The summed E-state index contributed by atoms with van der Waals surface area (Å²) in [6.07, 6.45) is 3.73. The van der Waals surface area contributed by atoms with E-state index in [9.17, 15) is 4.79 Å². The predicted octanol–water partition coefficient (Wildman–Crippen LogP) is 4.72. The quantitative estimate of drug-likeness (QED) is 0.436. The van der Waals surface area contributed by atoms with Gasteiger partial charge in [0.05, 0.1) is 11.0 Å². The van der Waals surface area contributed by atoms with Gasteiger partial charge in [-0.05, 0) is 43.9 Å². The fourth-order valence-corrected chi connectivity index (χ4v) is 3.88. The van der Waals surface area contributed by atoms with Crippen molar-refractivity contribution in [3.8, 4) is 0 Å². The first kappa shape index (κ1) is 20.8. The molecule has 2 aromatic carbocycles. The number of nitrogens with zero attached hydrogens (tertiary/aromatic N) is 3. The number of hydrogen-bond acceptors (Lipinski definition) is 4. The minimum atomic E-state index is -0.192. The summed E-state index contributed by atoms with van der Waals surface area (Å²) in [5, 5.41) is 3.12. The molecule has 4 rings (SSSR count). The molecule has 4 aromatic rings. The zero-order chi connectivity index (χ0) is 21.8. The van der Waals surface area contributed by atoms with Crippen molar-refractivity contribution in [3.05, 3.63) is 65.7 Å². The summed E-state index contributed by atoms with van der Waals surface area (Å²) in [5.74, 6) is 0.245. The maximum Gasteiger partial charge on any atom is 0.257 e. The zero-order valence-corrected chi connectivity index (χ0v) is 18.1. The minimum absolute atomic E-state index is 0.00886. The Kier molecular flexibility index (Phi) is 6.16. The van der Waals surface area contributed by atoms with Gasteiger partial charge in [0, 0.05) is 12.6 Å². The molecule has 1 amide bonds. The number of nitrogen functional groups attached to an aromatic ring is 1. The maximum absolute atomic E-state index is 13.3. The molecule has 2 heterocycles. The number of anilines is 1. The molecule has 3 N–H and O–H groups in total. The van der Waals surface area contributed by atoms with Gasteiger partial charge >= 0.3 is 0 Å². The number of rotatable bonds is 8. The molecule has 0 saturated carbocycles. The molecule has 160 valence electrons. The first-order chi connectivity index (χ1) is 15.1. The first-order valence-electron chi connectivity index (χ1n) is 11.0. The molecule has 0 aliphatic rings. The van der Waals surface area contributed by atoms with Crippen molar-refractivity contribution in [3.63, 3.8) is 0 Å². The molecular weight excluding hydrogens is 386 g/mol. The third kappa shape index (κ3) is 4.38. The number of carbonyl (C=O) groups excluding carboxylic acids is 1. The van der Waals surface area contributed by atoms with Crippen molar-refractivity contribution in [1.29, 1.82) is 0 Å². The van der Waals surface area contributed by atoms with E-state index in [1.807, 2.05) is 54.0 Å². The molecule has 0 bridgehead atoms. The summed E-state index contributed by atoms with van der Waals surface area (Å²) in [4.78, 5) is 22.8. The highest BCUT2D eigenvalue weighted by Gasteiger charge is 2.24. The molecule has 0 aliphatic heterocycles. The lowest BCUT2D eigenvalue weighted by atomic mass is 10.1. The Morgan fingerprint density at radius 3 is 2.45 bits per heavy atom. The number of para-hydroxylation sites is 2. The van der Waals surface area contributed by atoms with Crippen LogP contribution in [-0.2, 0) is 13.0 Å². The van der Waals surface area contributed by atoms with Crippen molar-refractivity contribution in [1.82, 2.24) is 19.9 Å². The average Bonchev–Trinajstić information content (AvgIpc) is 3.05. The van der Waals surface area contributed by atoms with Crippen molar-refractivity contribution in [2.24, 2.45) is 0 Å². The van der Waals surface area contributed by atoms with Gasteiger partial charge in [0.1, 0.15) is 16.9 Å². The monoisotopic (exact) mass is 415 g/mol. The van der Waals surface area contributed by atoms with Crippen LogP contribution >= 0.6 is 0 Å². The number of carbonyl (C=O) groups is 1. The molecule has 2 aromatic heterocycles. The Hall–Kier alpha value is -3.41. The van der Waals surface area contributed by atoms with E-state index in [1.165, 1.54) is 5.56 Å². The standard InChI is InChI=1S/C25H29N5O/c1-3-4-16-30-23(26)21(22-24(30)29-20-13-9-8-12-19(20)28-22)25(31)27-17(2)14-15-18-10-6-5-7-11-18/h5-13,17H,3-4,14-16,26H2,1-2H3,(H,27,31). The number of benzene rings is 2. The largest absolute Gasteiger partial charge is 0.384 e. The highest BCUT2D eigenvalue weighted by molar-refractivity contribution is 6.10. The Morgan fingerprint density at radius 2 is 1.74 bits per heavy atom. The molecule has 1 unspecified atom stereocenters. The van der Waals surface area contributed by atoms with E-state index >= 15 is 0 Å². The van der Waals surface area contributed by atoms with Crippen LogP contribution in [0.15, 0.2) is 54.6 Å². The highest BCUT2D eigenvalue weighted by Crippen LogP contribution is 2.28. The lowest BCUT2D eigenvalue weighted by Gasteiger charge is -2.14. The molecule has 0 aliphatic carbocycles. The second-order valence-corrected chi connectivity index (χ2v) is 8.05. The van der Waals surface area contributed by atoms with Gasteiger partial charge in [-0.1, -0.05) is 55.8 Å². The van der Waals surface area contributed by atoms with E-state index in [4.69, 9.17) is 15.7 Å². The van der Waals surface area contributed by atoms with Crippen LogP contribution in [0, 0.1) is 0 Å². The first-order valence-corrected chi connectivity index (χ1v) is 11.0. The number of fused-ring (bicyclic) bond motifs is 2. The van der Waals surface area contributed by atoms with E-state index in [1.54, 1.807) is 0 Å². The van der Waals surface area contributed by atoms with Gasteiger partial charge in [-0.25, -0.2) is 9.97 Å². The van der Waals surface area contributed by atoms with Crippen molar-refractivity contribution < 1.29 is 4.79 Å². The van der Waals surface area contributed by atoms with Crippen LogP contribution in [0.3, 0.4) is 0 Å². The van der Waals surface area contributed by atoms with Crippen molar-refractivity contribution in [2.45, 2.75) is 52.1 Å². The Bertz CT molecular complexity index is 1200. The molecule has 6 heteroatoms. The van der Waals surface area contributed by atoms with Crippen LogP contribution in [0.1, 0.15) is 49.0 Å². The predicted molar refractivity (Wildman–Crippen MR) is 126 cm³/mol. The number of unbranched alkanes of at least 4 members (excludes halogenated alkanes) is 1. The smallest absolute Gasteiger partial charge is 0.257 e. The normalized spacial score (nSPS) is 12.3. The maximum atomic E-state index is 13.3. The number of amides is 1. The van der Waals surface area contributed by atoms with Crippen LogP contribution in [0.25, 0.3) is 22.2 Å². The third-order valence-corrected chi connectivity index (χ3v) is 5.64. The Labute approximate surface area is 182 Å². The van der Waals surface area contributed by atoms with Crippen LogP contribution in [0.4, 0.5) is 5.82 Å². The van der Waals surface area contributed by atoms with Crippen LogP contribution in [0.2, 0.25) is 0 Å². The van der Waals surface area contributed by atoms with Gasteiger partial charge in [-0.2, -0.15) is 0 Å². The number of nitrogens with one attached hydrogen (secondary N) is 1. The Balaban J connectivity index is 1.64. The van der Waals surface area contributed by atoms with Gasteiger partial charge in [-0.3, -0.25) is 4.79 Å². The molecule has 1 atom stereocenters. The molecule has 0 spiro atoms. The van der Waals surface area contributed by atoms with Gasteiger partial charge < -0.3 is 15.6 Å². The summed E-state index contributed by atoms with van der Waals surface area (Å²) in [6, 6.07) is 18.0. The zero-order valence-electron chi connectivity index (χ0n) is 18.1. The van der Waals surface area contributed by atoms with E-state index in [2.05, 4.69) is 24.4 Å². The molecule has 0 fully saturated rings. The third-order valence-electron chi connectivity index (χ3n) is 5.64. The van der Waals surface area contributed by atoms with E-state index in [0.29, 0.717) is 29.1 Å². The van der Waals surface area contributed by atoms with Gasteiger partial charge in [-0.15, -0.1) is 0 Å². The Morgan fingerprint density at radius 1 is 1.06 bits per heavy atom. The van der Waals surface area contributed by atoms with Crippen LogP contribution in [0.5, 0.6) is 0 Å². The fraction of sp³-hybridized carbons (Fsp3) is 0.320. The summed E-state index contributed by atoms with van der Waals surface area (Å²) in [7, 11) is 0. The van der Waals surface area contributed by atoms with Crippen molar-refractivity contribution >= 4 is 33.9 Å². The summed E-state index contributed by atoms with van der Waals surface area (Å²) >= 11 is 0. The average molecular weight is 416 g/mol. The van der Waals surface area contributed by atoms with Gasteiger partial charge in [0.15, 0.2) is 5.65 Å². The number of hydrogen-bond donors (Lipinski definition) is 2. The topological polar surface area (TPSA) is 85.8 Å². The van der Waals surface area contributed by atoms with Crippen molar-refractivity contribution in [2.75, 3.05) is 5.73 Å². The van der Waals surface area contributed by atoms with Crippen LogP contribution in [-0.4, -0.2) is 26.5 Å². The van der Waals surface area contributed by atoms with E-state index in [0.717, 1.165) is 36.7 Å². The number of aromatic nitrogens is 3. The van der Waals surface area contributed by atoms with Gasteiger partial charge in [0.2, 0.25) is 0 Å². The number of nitrogens with two attached hydrogens (primary N) is 1. The van der Waals surface area contributed by atoms with Gasteiger partial charge in [0.25, 0.3) is 5.91 Å². The SMILES string of the molecule is CCCCn1c(N)c(C(=O)NC(C)CCc2ccccc2)c2nc3ccccc3nc21. The second kappa shape index (κ2) is 9.16. The van der Waals surface area contributed by atoms with Crippen LogP contribution < -0.4 is 11.1 Å². The molecule has 31 heavy (non-hydrogen) atoms. The molecule has 6 nitrogen and oxygen atoms in total. The molecular formula is C25H29N5O. The fourth-order valence-electron chi connectivity index (χ4n) is 3.88. The lowest BCUT2D eigenvalue weighted by molar-refractivity contribution is 0.0940.